The summed E-state index contributed by atoms with van der Waals surface area (Å²) in [5, 5.41) is 0. The van der Waals surface area contributed by atoms with E-state index in [-0.39, 0.29) is 5.97 Å². The van der Waals surface area contributed by atoms with E-state index < -0.39 is 0 Å². The van der Waals surface area contributed by atoms with Crippen molar-refractivity contribution in [1.29, 1.82) is 0 Å². The standard InChI is InChI=1S/C12H16O2/c1-4-10-6-9(3)7-11(8-10)12(13)14-5-2/h6-8H,4-5H2,1-3H3. The summed E-state index contributed by atoms with van der Waals surface area (Å²) in [6.45, 7) is 6.30. The van der Waals surface area contributed by atoms with Crippen molar-refractivity contribution in [2.75, 3.05) is 6.61 Å². The highest BCUT2D eigenvalue weighted by molar-refractivity contribution is 5.89. The molecule has 0 N–H and O–H groups in total. The van der Waals surface area contributed by atoms with Crippen LogP contribution in [0.25, 0.3) is 0 Å². The fourth-order valence-electron chi connectivity index (χ4n) is 1.40. The van der Waals surface area contributed by atoms with Gasteiger partial charge in [0.05, 0.1) is 12.2 Å². The lowest BCUT2D eigenvalue weighted by Crippen LogP contribution is -2.05. The normalized spacial score (nSPS) is 9.93. The van der Waals surface area contributed by atoms with E-state index in [0.717, 1.165) is 12.0 Å². The Balaban J connectivity index is 2.96. The Kier molecular flexibility index (Phi) is 3.69. The predicted octanol–water partition coefficient (Wildman–Crippen LogP) is 2.73. The Morgan fingerprint density at radius 2 is 2.00 bits per heavy atom. The van der Waals surface area contributed by atoms with Gasteiger partial charge in [0.25, 0.3) is 0 Å². The van der Waals surface area contributed by atoms with Gasteiger partial charge in [0.15, 0.2) is 0 Å². The second-order valence-electron chi connectivity index (χ2n) is 3.28. The number of ether oxygens (including phenoxy) is 1. The van der Waals surface area contributed by atoms with Crippen molar-refractivity contribution in [3.63, 3.8) is 0 Å². The second kappa shape index (κ2) is 4.80. The molecular weight excluding hydrogens is 176 g/mol. The Labute approximate surface area is 84.9 Å². The minimum absolute atomic E-state index is 0.231. The van der Waals surface area contributed by atoms with E-state index in [4.69, 9.17) is 4.74 Å². The molecule has 1 rings (SSSR count). The van der Waals surface area contributed by atoms with Gasteiger partial charge in [-0.05, 0) is 38.0 Å². The van der Waals surface area contributed by atoms with Crippen molar-refractivity contribution >= 4 is 5.97 Å². The van der Waals surface area contributed by atoms with Gasteiger partial charge in [0.2, 0.25) is 0 Å². The van der Waals surface area contributed by atoms with Gasteiger partial charge >= 0.3 is 5.97 Å². The molecule has 0 unspecified atom stereocenters. The summed E-state index contributed by atoms with van der Waals surface area (Å²) in [5.74, 6) is -0.231. The smallest absolute Gasteiger partial charge is 0.338 e. The van der Waals surface area contributed by atoms with Gasteiger partial charge in [0, 0.05) is 0 Å². The fourth-order valence-corrected chi connectivity index (χ4v) is 1.40. The molecule has 1 aromatic carbocycles. The SMILES string of the molecule is CCOC(=O)c1cc(C)cc(CC)c1. The molecule has 0 amide bonds. The van der Waals surface area contributed by atoms with Crippen LogP contribution in [0.15, 0.2) is 18.2 Å². The summed E-state index contributed by atoms with van der Waals surface area (Å²) in [5.41, 5.74) is 2.93. The number of hydrogen-bond donors (Lipinski definition) is 0. The van der Waals surface area contributed by atoms with Crippen molar-refractivity contribution in [2.45, 2.75) is 27.2 Å². The highest BCUT2D eigenvalue weighted by Gasteiger charge is 2.07. The molecular formula is C12H16O2. The van der Waals surface area contributed by atoms with E-state index in [2.05, 4.69) is 13.0 Å². The molecule has 0 bridgehead atoms. The first kappa shape index (κ1) is 10.8. The summed E-state index contributed by atoms with van der Waals surface area (Å²) in [6.07, 6.45) is 0.939. The Morgan fingerprint density at radius 1 is 1.29 bits per heavy atom. The molecule has 0 aliphatic carbocycles. The summed E-state index contributed by atoms with van der Waals surface area (Å²) in [7, 11) is 0. The molecule has 1 aromatic rings. The maximum absolute atomic E-state index is 11.4. The molecule has 0 aromatic heterocycles. The molecule has 0 heterocycles. The van der Waals surface area contributed by atoms with Gasteiger partial charge < -0.3 is 4.74 Å². The number of carbonyl (C=O) groups excluding carboxylic acids is 1. The van der Waals surface area contributed by atoms with E-state index in [1.165, 1.54) is 5.56 Å². The van der Waals surface area contributed by atoms with E-state index in [1.54, 1.807) is 0 Å². The van der Waals surface area contributed by atoms with Crippen LogP contribution >= 0.6 is 0 Å². The van der Waals surface area contributed by atoms with Crippen molar-refractivity contribution in [1.82, 2.24) is 0 Å². The zero-order valence-electron chi connectivity index (χ0n) is 8.96. The molecule has 0 aliphatic heterocycles. The lowest BCUT2D eigenvalue weighted by Gasteiger charge is -2.05. The number of aryl methyl sites for hydroxylation is 2. The fraction of sp³-hybridized carbons (Fsp3) is 0.417. The molecule has 0 spiro atoms. The third-order valence-corrected chi connectivity index (χ3v) is 2.06. The van der Waals surface area contributed by atoms with Crippen molar-refractivity contribution in [3.05, 3.63) is 34.9 Å². The second-order valence-corrected chi connectivity index (χ2v) is 3.28. The first-order valence-corrected chi connectivity index (χ1v) is 4.95. The number of rotatable bonds is 3. The van der Waals surface area contributed by atoms with Crippen molar-refractivity contribution < 1.29 is 9.53 Å². The van der Waals surface area contributed by atoms with Crippen LogP contribution in [0, 0.1) is 6.92 Å². The van der Waals surface area contributed by atoms with Gasteiger partial charge in [-0.2, -0.15) is 0 Å². The summed E-state index contributed by atoms with van der Waals surface area (Å²) < 4.78 is 4.94. The molecule has 2 nitrogen and oxygen atoms in total. The van der Waals surface area contributed by atoms with E-state index in [0.29, 0.717) is 12.2 Å². The van der Waals surface area contributed by atoms with Gasteiger partial charge in [-0.25, -0.2) is 4.79 Å². The molecule has 76 valence electrons. The van der Waals surface area contributed by atoms with E-state index >= 15 is 0 Å². The molecule has 0 saturated heterocycles. The first-order chi connectivity index (χ1) is 6.67. The van der Waals surface area contributed by atoms with Gasteiger partial charge in [-0.1, -0.05) is 18.6 Å². The van der Waals surface area contributed by atoms with Crippen LogP contribution in [0.1, 0.15) is 35.3 Å². The van der Waals surface area contributed by atoms with E-state index in [1.807, 2.05) is 26.0 Å². The summed E-state index contributed by atoms with van der Waals surface area (Å²) in [4.78, 5) is 11.4. The van der Waals surface area contributed by atoms with Crippen LogP contribution in [0.4, 0.5) is 0 Å². The van der Waals surface area contributed by atoms with Gasteiger partial charge in [-0.3, -0.25) is 0 Å². The maximum Gasteiger partial charge on any atom is 0.338 e. The molecule has 0 radical (unpaired) electrons. The van der Waals surface area contributed by atoms with Crippen molar-refractivity contribution in [3.8, 4) is 0 Å². The molecule has 14 heavy (non-hydrogen) atoms. The third kappa shape index (κ3) is 2.59. The minimum atomic E-state index is -0.231. The predicted molar refractivity (Wildman–Crippen MR) is 56.5 cm³/mol. The topological polar surface area (TPSA) is 26.3 Å². The quantitative estimate of drug-likeness (QED) is 0.688. The number of carbonyl (C=O) groups is 1. The van der Waals surface area contributed by atoms with Crippen LogP contribution < -0.4 is 0 Å². The van der Waals surface area contributed by atoms with Gasteiger partial charge in [0.1, 0.15) is 0 Å². The minimum Gasteiger partial charge on any atom is -0.462 e. The van der Waals surface area contributed by atoms with Gasteiger partial charge in [-0.15, -0.1) is 0 Å². The third-order valence-electron chi connectivity index (χ3n) is 2.06. The van der Waals surface area contributed by atoms with Crippen LogP contribution in [0.3, 0.4) is 0 Å². The van der Waals surface area contributed by atoms with E-state index in [9.17, 15) is 4.79 Å². The lowest BCUT2D eigenvalue weighted by atomic mass is 10.1. The molecule has 0 atom stereocenters. The largest absolute Gasteiger partial charge is 0.462 e. The molecule has 2 heteroatoms. The monoisotopic (exact) mass is 192 g/mol. The zero-order chi connectivity index (χ0) is 10.6. The zero-order valence-corrected chi connectivity index (χ0v) is 8.96. The Bertz CT molecular complexity index is 329. The van der Waals surface area contributed by atoms with Crippen LogP contribution in [0.2, 0.25) is 0 Å². The van der Waals surface area contributed by atoms with Crippen molar-refractivity contribution in [2.24, 2.45) is 0 Å². The number of benzene rings is 1. The lowest BCUT2D eigenvalue weighted by molar-refractivity contribution is 0.0526. The summed E-state index contributed by atoms with van der Waals surface area (Å²) >= 11 is 0. The molecule has 0 fully saturated rings. The Hall–Kier alpha value is -1.31. The van der Waals surface area contributed by atoms with Crippen LogP contribution in [0.5, 0.6) is 0 Å². The average molecular weight is 192 g/mol. The highest BCUT2D eigenvalue weighted by Crippen LogP contribution is 2.11. The maximum atomic E-state index is 11.4. The summed E-state index contributed by atoms with van der Waals surface area (Å²) in [6, 6.07) is 5.84. The number of esters is 1. The molecule has 0 saturated carbocycles. The first-order valence-electron chi connectivity index (χ1n) is 4.95. The molecule has 0 aliphatic rings. The van der Waals surface area contributed by atoms with Crippen LogP contribution in [-0.4, -0.2) is 12.6 Å². The van der Waals surface area contributed by atoms with Crippen LogP contribution in [-0.2, 0) is 11.2 Å². The number of hydrogen-bond acceptors (Lipinski definition) is 2. The Morgan fingerprint density at radius 3 is 2.57 bits per heavy atom. The highest BCUT2D eigenvalue weighted by atomic mass is 16.5. The average Bonchev–Trinajstić information content (AvgIpc) is 2.17.